The summed E-state index contributed by atoms with van der Waals surface area (Å²) >= 11 is 7.17. The standard InChI is InChI=1S/C11H17INO2S3/c1-8(12)15-10(14)9(4-5-16-3)13(2)11-17-6-7-18-11/h6-9H,4-5H2,1-3H3/q+1. The molecule has 0 aliphatic carbocycles. The highest BCUT2D eigenvalue weighted by molar-refractivity contribution is 14.1. The van der Waals surface area contributed by atoms with Gasteiger partial charge >= 0.3 is 9.95 Å². The van der Waals surface area contributed by atoms with Crippen molar-refractivity contribution in [3.63, 3.8) is 0 Å². The molecule has 0 radical (unpaired) electrons. The zero-order valence-electron chi connectivity index (χ0n) is 10.6. The average Bonchev–Trinajstić information content (AvgIpc) is 2.81. The van der Waals surface area contributed by atoms with Crippen LogP contribution in [-0.2, 0) is 9.53 Å². The molecule has 2 atom stereocenters. The Kier molecular flexibility index (Phi) is 7.81. The number of halogens is 1. The van der Waals surface area contributed by atoms with E-state index in [1.54, 1.807) is 34.4 Å². The molecule has 0 aromatic carbocycles. The number of esters is 1. The summed E-state index contributed by atoms with van der Waals surface area (Å²) in [6.45, 7) is 1.87. The van der Waals surface area contributed by atoms with Crippen molar-refractivity contribution in [3.05, 3.63) is 14.7 Å². The molecule has 0 fully saturated rings. The number of rotatable bonds is 6. The van der Waals surface area contributed by atoms with Crippen molar-refractivity contribution in [3.8, 4) is 0 Å². The van der Waals surface area contributed by atoms with Crippen LogP contribution in [-0.4, -0.2) is 35.2 Å². The highest BCUT2D eigenvalue weighted by Crippen LogP contribution is 2.09. The van der Waals surface area contributed by atoms with Gasteiger partial charge in [0.05, 0.1) is 0 Å². The normalized spacial score (nSPS) is 14.0. The van der Waals surface area contributed by atoms with Gasteiger partial charge in [0.15, 0.2) is 0 Å². The first-order chi connectivity index (χ1) is 8.56. The number of carbonyl (C=O) groups is 1. The van der Waals surface area contributed by atoms with E-state index in [9.17, 15) is 4.79 Å². The van der Waals surface area contributed by atoms with Crippen LogP contribution in [0.25, 0.3) is 0 Å². The topological polar surface area (TPSA) is 29.3 Å². The molecule has 7 heteroatoms. The smallest absolute Gasteiger partial charge is 0.376 e. The largest absolute Gasteiger partial charge is 0.447 e. The first-order valence-corrected chi connectivity index (χ1v) is 9.87. The Labute approximate surface area is 133 Å². The molecule has 0 saturated heterocycles. The highest BCUT2D eigenvalue weighted by Gasteiger charge is 2.29. The maximum atomic E-state index is 12.1. The van der Waals surface area contributed by atoms with Crippen LogP contribution in [0.4, 0.5) is 0 Å². The van der Waals surface area contributed by atoms with Gasteiger partial charge in [-0.05, 0) is 41.5 Å². The lowest BCUT2D eigenvalue weighted by molar-refractivity contribution is -0.146. The molecular weight excluding hydrogens is 401 g/mol. The fraction of sp³-hybridized carbons (Fsp3) is 0.636. The van der Waals surface area contributed by atoms with Crippen LogP contribution in [0.3, 0.4) is 0 Å². The second kappa shape index (κ2) is 8.55. The average molecular weight is 418 g/mol. The highest BCUT2D eigenvalue weighted by atomic mass is 127. The molecule has 18 heavy (non-hydrogen) atoms. The van der Waals surface area contributed by atoms with Gasteiger partial charge in [-0.1, -0.05) is 22.7 Å². The summed E-state index contributed by atoms with van der Waals surface area (Å²) in [5.74, 6) is 0.824. The first-order valence-electron chi connectivity index (χ1n) is 5.48. The SMILES string of the molecule is CSCCC(C(=O)OC(C)I)[N+](C)=c1sccs1. The number of thioether (sulfide) groups is 1. The van der Waals surface area contributed by atoms with Crippen molar-refractivity contribution >= 4 is 63.0 Å². The number of nitrogens with zero attached hydrogens (tertiary/aromatic N) is 1. The molecule has 0 bridgehead atoms. The molecule has 0 aliphatic heterocycles. The van der Waals surface area contributed by atoms with E-state index < -0.39 is 0 Å². The summed E-state index contributed by atoms with van der Waals surface area (Å²) in [6.07, 6.45) is 2.86. The minimum atomic E-state index is -0.190. The van der Waals surface area contributed by atoms with E-state index in [1.165, 1.54) is 0 Å². The molecule has 1 heterocycles. The molecule has 0 amide bonds. The van der Waals surface area contributed by atoms with Crippen LogP contribution in [0.5, 0.6) is 0 Å². The first kappa shape index (κ1) is 16.5. The molecule has 0 saturated carbocycles. The van der Waals surface area contributed by atoms with Crippen LogP contribution < -0.4 is 8.56 Å². The summed E-state index contributed by atoms with van der Waals surface area (Å²) in [6, 6.07) is -0.190. The predicted molar refractivity (Wildman–Crippen MR) is 89.8 cm³/mol. The van der Waals surface area contributed by atoms with Crippen LogP contribution in [0.2, 0.25) is 0 Å². The van der Waals surface area contributed by atoms with Gasteiger partial charge in [0.2, 0.25) is 0 Å². The van der Waals surface area contributed by atoms with E-state index in [-0.39, 0.29) is 16.1 Å². The van der Waals surface area contributed by atoms with Crippen molar-refractivity contribution in [2.75, 3.05) is 19.1 Å². The molecule has 1 rings (SSSR count). The maximum Gasteiger partial charge on any atom is 0.376 e. The Morgan fingerprint density at radius 1 is 1.56 bits per heavy atom. The summed E-state index contributed by atoms with van der Waals surface area (Å²) in [5, 5.41) is 4.07. The van der Waals surface area contributed by atoms with Gasteiger partial charge in [0, 0.05) is 17.2 Å². The lowest BCUT2D eigenvalue weighted by atomic mass is 10.2. The molecule has 0 spiro atoms. The van der Waals surface area contributed by atoms with Crippen LogP contribution in [0, 0.1) is 0 Å². The van der Waals surface area contributed by atoms with E-state index in [2.05, 4.69) is 28.8 Å². The minimum Gasteiger partial charge on any atom is -0.447 e. The van der Waals surface area contributed by atoms with Crippen molar-refractivity contribution < 1.29 is 9.53 Å². The second-order valence-corrected chi connectivity index (χ2v) is 8.45. The summed E-state index contributed by atoms with van der Waals surface area (Å²) in [4.78, 5) is 12.1. The fourth-order valence-electron chi connectivity index (χ4n) is 1.43. The zero-order valence-corrected chi connectivity index (χ0v) is 15.2. The number of carbonyl (C=O) groups excluding carboxylic acids is 1. The van der Waals surface area contributed by atoms with Crippen molar-refractivity contribution in [2.45, 2.75) is 23.5 Å². The van der Waals surface area contributed by atoms with Crippen molar-refractivity contribution in [2.24, 2.45) is 0 Å². The maximum absolute atomic E-state index is 12.1. The molecule has 1 aromatic heterocycles. The van der Waals surface area contributed by atoms with E-state index >= 15 is 0 Å². The Hall–Kier alpha value is 0.400. The number of hydrogen-bond donors (Lipinski definition) is 0. The molecule has 102 valence electrons. The Morgan fingerprint density at radius 2 is 2.17 bits per heavy atom. The van der Waals surface area contributed by atoms with Gasteiger partial charge in [-0.15, -0.1) is 0 Å². The Morgan fingerprint density at radius 3 is 2.67 bits per heavy atom. The van der Waals surface area contributed by atoms with Gasteiger partial charge in [-0.2, -0.15) is 11.8 Å². The number of hydrogen-bond acceptors (Lipinski definition) is 5. The molecule has 2 unspecified atom stereocenters. The van der Waals surface area contributed by atoms with Crippen LogP contribution >= 0.6 is 57.0 Å². The van der Waals surface area contributed by atoms with Crippen molar-refractivity contribution in [1.82, 2.24) is 4.58 Å². The third-order valence-corrected chi connectivity index (χ3v) is 5.47. The molecule has 0 N–H and O–H groups in total. The third-order valence-electron chi connectivity index (χ3n) is 2.29. The van der Waals surface area contributed by atoms with Gasteiger partial charge < -0.3 is 4.74 Å². The summed E-state index contributed by atoms with van der Waals surface area (Å²) in [5.41, 5.74) is 0. The monoisotopic (exact) mass is 418 g/mol. The van der Waals surface area contributed by atoms with E-state index in [1.807, 2.05) is 29.3 Å². The van der Waals surface area contributed by atoms with Crippen molar-refractivity contribution in [1.29, 1.82) is 0 Å². The van der Waals surface area contributed by atoms with Gasteiger partial charge in [0.1, 0.15) is 11.2 Å². The van der Waals surface area contributed by atoms with E-state index in [0.717, 1.165) is 16.2 Å². The number of ether oxygens (including phenoxy) is 1. The summed E-state index contributed by atoms with van der Waals surface area (Å²) < 4.78 is 8.42. The molecular formula is C11H17INO2S3+. The Balaban J connectivity index is 2.92. The van der Waals surface area contributed by atoms with Gasteiger partial charge in [-0.25, -0.2) is 9.37 Å². The molecule has 0 aliphatic rings. The van der Waals surface area contributed by atoms with Crippen LogP contribution in [0.15, 0.2) is 10.8 Å². The third kappa shape index (κ3) is 5.18. The number of likely N-dealkylation sites (N-methyl/N-ethyl adjacent to an activating group) is 1. The predicted octanol–water partition coefficient (Wildman–Crippen LogP) is 2.66. The fourth-order valence-corrected chi connectivity index (χ4v) is 3.96. The lowest BCUT2D eigenvalue weighted by Gasteiger charge is -2.13. The van der Waals surface area contributed by atoms with Crippen LogP contribution in [0.1, 0.15) is 13.3 Å². The quantitative estimate of drug-likeness (QED) is 0.308. The number of alkyl halides is 1. The van der Waals surface area contributed by atoms with E-state index in [0.29, 0.717) is 0 Å². The molecule has 3 nitrogen and oxygen atoms in total. The lowest BCUT2D eigenvalue weighted by Crippen LogP contribution is -2.42. The van der Waals surface area contributed by atoms with E-state index in [4.69, 9.17) is 4.74 Å². The zero-order chi connectivity index (χ0) is 13.5. The molecule has 1 aromatic rings. The summed E-state index contributed by atoms with van der Waals surface area (Å²) in [7, 11) is 1.96. The minimum absolute atomic E-state index is 0.0905. The Bertz CT molecular complexity index is 425. The van der Waals surface area contributed by atoms with Gasteiger partial charge in [-0.3, -0.25) is 0 Å². The second-order valence-electron chi connectivity index (χ2n) is 3.66. The van der Waals surface area contributed by atoms with Gasteiger partial charge in [0.25, 0.3) is 6.04 Å².